The normalized spacial score (nSPS) is 12.8. The van der Waals surface area contributed by atoms with Crippen LogP contribution in [0, 0.1) is 6.92 Å². The minimum Gasteiger partial charge on any atom is -0.383 e. The lowest BCUT2D eigenvalue weighted by atomic mass is 10.1. The molecule has 0 aliphatic heterocycles. The van der Waals surface area contributed by atoms with Crippen LogP contribution < -0.4 is 5.73 Å². The van der Waals surface area contributed by atoms with Crippen LogP contribution in [0.2, 0.25) is 5.02 Å². The maximum atomic E-state index is 6.39. The molecule has 0 saturated carbocycles. The second kappa shape index (κ2) is 7.05. The van der Waals surface area contributed by atoms with Crippen LogP contribution in [-0.4, -0.2) is 34.1 Å². The quantitative estimate of drug-likeness (QED) is 0.412. The summed E-state index contributed by atoms with van der Waals surface area (Å²) in [4.78, 5) is 8.58. The Hall–Kier alpha value is -3.91. The third-order valence-corrected chi connectivity index (χ3v) is 6.48. The lowest BCUT2D eigenvalue weighted by Crippen LogP contribution is -2.11. The van der Waals surface area contributed by atoms with Crippen molar-refractivity contribution in [2.24, 2.45) is 7.05 Å². The van der Waals surface area contributed by atoms with E-state index in [-0.39, 0.29) is 6.04 Å². The molecule has 0 spiro atoms. The number of fused-ring (bicyclic) bond motifs is 3. The van der Waals surface area contributed by atoms with E-state index in [1.165, 1.54) is 11.7 Å². The number of aromatic nitrogens is 7. The number of hydrogen-bond acceptors (Lipinski definition) is 5. The van der Waals surface area contributed by atoms with E-state index < -0.39 is 0 Å². The molecule has 0 saturated heterocycles. The third-order valence-electron chi connectivity index (χ3n) is 6.24. The van der Waals surface area contributed by atoms with Gasteiger partial charge in [-0.1, -0.05) is 17.7 Å². The van der Waals surface area contributed by atoms with Crippen molar-refractivity contribution in [3.63, 3.8) is 0 Å². The van der Waals surface area contributed by atoms with Crippen molar-refractivity contribution in [2.45, 2.75) is 19.9 Å². The first-order valence-electron chi connectivity index (χ1n) is 10.6. The zero-order valence-electron chi connectivity index (χ0n) is 18.4. The van der Waals surface area contributed by atoms with Crippen molar-refractivity contribution < 1.29 is 0 Å². The van der Waals surface area contributed by atoms with Crippen molar-refractivity contribution in [1.82, 2.24) is 34.1 Å². The molecule has 8 nitrogen and oxygen atoms in total. The minimum absolute atomic E-state index is 0.195. The maximum absolute atomic E-state index is 6.39. The molecule has 0 fully saturated rings. The summed E-state index contributed by atoms with van der Waals surface area (Å²) in [5.74, 6) is 0.425. The van der Waals surface area contributed by atoms with Crippen molar-refractivity contribution in [3.05, 3.63) is 71.4 Å². The standard InChI is InChI=1S/C24H21ClN8/c1-13-21-23(26)27-12-28-24(21)32(29-13)14(2)22-18-7-5-16(25)10-20(18)33(30-22)17-6-4-15-8-9-31(3)19(15)11-17/h4-12,14H,1-3H3,(H2,26,27,28). The zero-order chi connectivity index (χ0) is 22.9. The summed E-state index contributed by atoms with van der Waals surface area (Å²) in [7, 11) is 2.04. The average Bonchev–Trinajstić information content (AvgIpc) is 3.47. The number of benzene rings is 2. The van der Waals surface area contributed by atoms with Gasteiger partial charge in [-0.05, 0) is 55.6 Å². The summed E-state index contributed by atoms with van der Waals surface area (Å²) < 4.78 is 5.91. The third kappa shape index (κ3) is 2.91. The van der Waals surface area contributed by atoms with Crippen molar-refractivity contribution in [1.29, 1.82) is 0 Å². The molecular formula is C24H21ClN8. The van der Waals surface area contributed by atoms with E-state index in [9.17, 15) is 0 Å². The predicted octanol–water partition coefficient (Wildman–Crippen LogP) is 4.81. The summed E-state index contributed by atoms with van der Waals surface area (Å²) in [6.45, 7) is 3.97. The number of hydrogen-bond donors (Lipinski definition) is 1. The predicted molar refractivity (Wildman–Crippen MR) is 131 cm³/mol. The van der Waals surface area contributed by atoms with Gasteiger partial charge in [-0.2, -0.15) is 10.2 Å². The van der Waals surface area contributed by atoms with Crippen molar-refractivity contribution >= 4 is 50.3 Å². The Morgan fingerprint density at radius 2 is 1.85 bits per heavy atom. The Morgan fingerprint density at radius 1 is 1.00 bits per heavy atom. The molecule has 2 aromatic carbocycles. The summed E-state index contributed by atoms with van der Waals surface area (Å²) in [6, 6.07) is 14.1. The molecule has 0 aliphatic rings. The molecular weight excluding hydrogens is 436 g/mol. The van der Waals surface area contributed by atoms with Gasteiger partial charge in [0.25, 0.3) is 0 Å². The van der Waals surface area contributed by atoms with E-state index in [2.05, 4.69) is 51.9 Å². The van der Waals surface area contributed by atoms with Gasteiger partial charge in [0, 0.05) is 29.2 Å². The van der Waals surface area contributed by atoms with Gasteiger partial charge < -0.3 is 10.3 Å². The van der Waals surface area contributed by atoms with E-state index in [0.717, 1.165) is 38.9 Å². The van der Waals surface area contributed by atoms with Crippen molar-refractivity contribution in [3.8, 4) is 5.69 Å². The smallest absolute Gasteiger partial charge is 0.164 e. The monoisotopic (exact) mass is 456 g/mol. The van der Waals surface area contributed by atoms with Crippen molar-refractivity contribution in [2.75, 3.05) is 5.73 Å². The second-order valence-electron chi connectivity index (χ2n) is 8.29. The number of nitrogen functional groups attached to an aromatic ring is 1. The molecule has 6 rings (SSSR count). The van der Waals surface area contributed by atoms with Gasteiger partial charge in [0.05, 0.1) is 34.0 Å². The highest BCUT2D eigenvalue weighted by molar-refractivity contribution is 6.31. The SMILES string of the molecule is Cc1nn(C(C)c2nn(-c3ccc4ccn(C)c4c3)c3cc(Cl)ccc23)c2ncnc(N)c12. The molecule has 6 aromatic rings. The topological polar surface area (TPSA) is 92.4 Å². The number of anilines is 1. The Morgan fingerprint density at radius 3 is 2.70 bits per heavy atom. The largest absolute Gasteiger partial charge is 0.383 e. The summed E-state index contributed by atoms with van der Waals surface area (Å²) in [6.07, 6.45) is 3.52. The molecule has 33 heavy (non-hydrogen) atoms. The fourth-order valence-electron chi connectivity index (χ4n) is 4.56. The van der Waals surface area contributed by atoms with Gasteiger partial charge in [0.2, 0.25) is 0 Å². The Balaban J connectivity index is 1.58. The second-order valence-corrected chi connectivity index (χ2v) is 8.73. The average molecular weight is 457 g/mol. The van der Waals surface area contributed by atoms with Gasteiger partial charge in [0.15, 0.2) is 5.65 Å². The number of nitrogens with zero attached hydrogens (tertiary/aromatic N) is 7. The molecule has 2 N–H and O–H groups in total. The lowest BCUT2D eigenvalue weighted by Gasteiger charge is -2.11. The molecule has 0 aliphatic carbocycles. The summed E-state index contributed by atoms with van der Waals surface area (Å²) in [5.41, 5.74) is 11.5. The van der Waals surface area contributed by atoms with Gasteiger partial charge in [-0.15, -0.1) is 0 Å². The van der Waals surface area contributed by atoms with E-state index in [1.807, 2.05) is 41.5 Å². The molecule has 9 heteroatoms. The number of aryl methyl sites for hydroxylation is 2. The number of rotatable bonds is 3. The Bertz CT molecular complexity index is 1690. The van der Waals surface area contributed by atoms with Crippen LogP contribution in [0.1, 0.15) is 24.4 Å². The van der Waals surface area contributed by atoms with Gasteiger partial charge in [-0.3, -0.25) is 0 Å². The first-order chi connectivity index (χ1) is 15.9. The van der Waals surface area contributed by atoms with Crippen LogP contribution in [0.15, 0.2) is 55.0 Å². The maximum Gasteiger partial charge on any atom is 0.164 e. The first-order valence-corrected chi connectivity index (χ1v) is 11.0. The van der Waals surface area contributed by atoms with Crippen LogP contribution in [0.4, 0.5) is 5.82 Å². The van der Waals surface area contributed by atoms with E-state index in [1.54, 1.807) is 0 Å². The van der Waals surface area contributed by atoms with Crippen LogP contribution >= 0.6 is 11.6 Å². The molecule has 4 aromatic heterocycles. The minimum atomic E-state index is -0.195. The highest BCUT2D eigenvalue weighted by Crippen LogP contribution is 2.33. The fourth-order valence-corrected chi connectivity index (χ4v) is 4.72. The van der Waals surface area contributed by atoms with Crippen LogP contribution in [-0.2, 0) is 7.05 Å². The number of nitrogens with two attached hydrogens (primary N) is 1. The Labute approximate surface area is 194 Å². The summed E-state index contributed by atoms with van der Waals surface area (Å²) >= 11 is 6.39. The summed E-state index contributed by atoms with van der Waals surface area (Å²) in [5, 5.41) is 13.4. The van der Waals surface area contributed by atoms with Gasteiger partial charge >= 0.3 is 0 Å². The molecule has 0 radical (unpaired) electrons. The lowest BCUT2D eigenvalue weighted by molar-refractivity contribution is 0.559. The molecule has 1 unspecified atom stereocenters. The highest BCUT2D eigenvalue weighted by atomic mass is 35.5. The first kappa shape index (κ1) is 19.8. The molecule has 1 atom stereocenters. The molecule has 164 valence electrons. The number of halogens is 1. The zero-order valence-corrected chi connectivity index (χ0v) is 19.1. The van der Waals surface area contributed by atoms with Gasteiger partial charge in [0.1, 0.15) is 12.1 Å². The molecule has 0 bridgehead atoms. The highest BCUT2D eigenvalue weighted by Gasteiger charge is 2.23. The van der Waals surface area contributed by atoms with E-state index >= 15 is 0 Å². The van der Waals surface area contributed by atoms with E-state index in [4.69, 9.17) is 27.5 Å². The van der Waals surface area contributed by atoms with Crippen LogP contribution in [0.5, 0.6) is 0 Å². The van der Waals surface area contributed by atoms with Crippen LogP contribution in [0.25, 0.3) is 38.5 Å². The molecule has 4 heterocycles. The van der Waals surface area contributed by atoms with Crippen LogP contribution in [0.3, 0.4) is 0 Å². The molecule has 0 amide bonds. The fraction of sp³-hybridized carbons (Fsp3) is 0.167. The Kier molecular flexibility index (Phi) is 4.22. The van der Waals surface area contributed by atoms with Gasteiger partial charge in [-0.25, -0.2) is 19.3 Å². The van der Waals surface area contributed by atoms with E-state index in [0.29, 0.717) is 16.5 Å².